The van der Waals surface area contributed by atoms with Gasteiger partial charge in [0.2, 0.25) is 0 Å². The number of benzene rings is 2. The highest BCUT2D eigenvalue weighted by atomic mass is 28.4. The largest absolute Gasteiger partial charge is 0.469 e. The number of aliphatic hydroxyl groups excluding tert-OH is 1. The third kappa shape index (κ3) is 7.86. The summed E-state index contributed by atoms with van der Waals surface area (Å²) in [6, 6.07) is 20.5. The predicted molar refractivity (Wildman–Crippen MR) is 148 cm³/mol. The van der Waals surface area contributed by atoms with Gasteiger partial charge in [0, 0.05) is 6.42 Å². The molecule has 0 amide bonds. The number of methoxy groups -OCH3 is 1. The Morgan fingerprint density at radius 1 is 0.917 bits per heavy atom. The Balaban J connectivity index is 2.25. The summed E-state index contributed by atoms with van der Waals surface area (Å²) in [7, 11) is -1.48. The standard InChI is InChI=1S/C30H44O5Si/c1-23(21-24(2)31)15-13-14-20-28(32)27(29(33)34-6)22-35-36(30(3,4)5,25-16-9-7-10-17-25)26-18-11-8-12-19-26/h7-12,16-19,23,27-28,32H,13-15,20-22H2,1-6H3/t23-,27-,28-/m1/s1. The van der Waals surface area contributed by atoms with Crippen molar-refractivity contribution in [3.63, 3.8) is 0 Å². The molecule has 36 heavy (non-hydrogen) atoms. The van der Waals surface area contributed by atoms with Crippen LogP contribution in [0.4, 0.5) is 0 Å². The summed E-state index contributed by atoms with van der Waals surface area (Å²) in [5.74, 6) is -0.694. The lowest BCUT2D eigenvalue weighted by atomic mass is 9.94. The maximum atomic E-state index is 12.8. The van der Waals surface area contributed by atoms with Crippen LogP contribution in [0.3, 0.4) is 0 Å². The fraction of sp³-hybridized carbons (Fsp3) is 0.533. The molecule has 1 N–H and O–H groups in total. The minimum atomic E-state index is -2.84. The van der Waals surface area contributed by atoms with Crippen molar-refractivity contribution in [3.05, 3.63) is 60.7 Å². The predicted octanol–water partition coefficient (Wildman–Crippen LogP) is 4.89. The Morgan fingerprint density at radius 2 is 1.42 bits per heavy atom. The summed E-state index contributed by atoms with van der Waals surface area (Å²) in [5, 5.41) is 13.1. The molecule has 0 radical (unpaired) electrons. The minimum absolute atomic E-state index is 0.0852. The lowest BCUT2D eigenvalue weighted by molar-refractivity contribution is -0.151. The topological polar surface area (TPSA) is 72.8 Å². The van der Waals surface area contributed by atoms with E-state index in [1.807, 2.05) is 36.4 Å². The highest BCUT2D eigenvalue weighted by molar-refractivity contribution is 6.99. The average Bonchev–Trinajstić information content (AvgIpc) is 2.84. The van der Waals surface area contributed by atoms with E-state index >= 15 is 0 Å². The summed E-state index contributed by atoms with van der Waals surface area (Å²) in [5.41, 5.74) is 0. The smallest absolute Gasteiger partial charge is 0.313 e. The van der Waals surface area contributed by atoms with Gasteiger partial charge in [-0.3, -0.25) is 4.79 Å². The van der Waals surface area contributed by atoms with Crippen LogP contribution in [0, 0.1) is 11.8 Å². The number of carbonyl (C=O) groups is 2. The molecule has 0 aliphatic rings. The molecule has 198 valence electrons. The van der Waals surface area contributed by atoms with E-state index in [-0.39, 0.29) is 17.4 Å². The van der Waals surface area contributed by atoms with Gasteiger partial charge in [-0.2, -0.15) is 0 Å². The van der Waals surface area contributed by atoms with Crippen molar-refractivity contribution in [2.24, 2.45) is 11.8 Å². The van der Waals surface area contributed by atoms with Gasteiger partial charge in [0.15, 0.2) is 0 Å². The van der Waals surface area contributed by atoms with Crippen LogP contribution < -0.4 is 10.4 Å². The second-order valence-electron chi connectivity index (χ2n) is 11.0. The van der Waals surface area contributed by atoms with E-state index < -0.39 is 26.3 Å². The first-order valence-corrected chi connectivity index (χ1v) is 14.9. The molecule has 0 aliphatic heterocycles. The third-order valence-corrected chi connectivity index (χ3v) is 12.0. The molecule has 3 atom stereocenters. The van der Waals surface area contributed by atoms with Crippen LogP contribution in [-0.2, 0) is 18.8 Å². The van der Waals surface area contributed by atoms with Crippen molar-refractivity contribution in [2.75, 3.05) is 13.7 Å². The van der Waals surface area contributed by atoms with E-state index in [0.29, 0.717) is 18.8 Å². The quantitative estimate of drug-likeness (QED) is 0.222. The molecular formula is C30H44O5Si. The van der Waals surface area contributed by atoms with Gasteiger partial charge in [0.05, 0.1) is 19.8 Å². The summed E-state index contributed by atoms with van der Waals surface area (Å²) in [4.78, 5) is 24.1. The van der Waals surface area contributed by atoms with Gasteiger partial charge in [-0.25, -0.2) is 0 Å². The molecular weight excluding hydrogens is 468 g/mol. The highest BCUT2D eigenvalue weighted by Crippen LogP contribution is 2.37. The summed E-state index contributed by atoms with van der Waals surface area (Å²) in [6.45, 7) is 10.3. The average molecular weight is 513 g/mol. The monoisotopic (exact) mass is 512 g/mol. The fourth-order valence-corrected chi connectivity index (χ4v) is 9.69. The van der Waals surface area contributed by atoms with E-state index in [4.69, 9.17) is 9.16 Å². The number of rotatable bonds is 14. The van der Waals surface area contributed by atoms with E-state index in [0.717, 1.165) is 29.6 Å². The molecule has 6 heteroatoms. The molecule has 0 heterocycles. The molecule has 2 aromatic rings. The molecule has 0 spiro atoms. The molecule has 2 aromatic carbocycles. The van der Waals surface area contributed by atoms with Crippen LogP contribution in [-0.4, -0.2) is 45.0 Å². The van der Waals surface area contributed by atoms with Gasteiger partial charge in [-0.15, -0.1) is 0 Å². The van der Waals surface area contributed by atoms with Crippen LogP contribution >= 0.6 is 0 Å². The second kappa shape index (κ2) is 13.9. The number of aliphatic hydroxyl groups is 1. The maximum absolute atomic E-state index is 12.8. The third-order valence-electron chi connectivity index (χ3n) is 6.95. The highest BCUT2D eigenvalue weighted by Gasteiger charge is 2.51. The Kier molecular flexibility index (Phi) is 11.5. The summed E-state index contributed by atoms with van der Waals surface area (Å²) < 4.78 is 12.0. The van der Waals surface area contributed by atoms with E-state index in [2.05, 4.69) is 52.0 Å². The molecule has 0 saturated heterocycles. The van der Waals surface area contributed by atoms with Gasteiger partial charge in [0.1, 0.15) is 11.7 Å². The number of ketones is 1. The summed E-state index contributed by atoms with van der Waals surface area (Å²) in [6.07, 6.45) is 2.80. The minimum Gasteiger partial charge on any atom is -0.469 e. The number of ether oxygens (including phenoxy) is 1. The van der Waals surface area contributed by atoms with Crippen molar-refractivity contribution in [1.29, 1.82) is 0 Å². The normalized spacial score (nSPS) is 14.6. The first-order chi connectivity index (χ1) is 17.0. The van der Waals surface area contributed by atoms with Gasteiger partial charge < -0.3 is 19.1 Å². The Hall–Kier alpha value is -2.28. The number of Topliss-reactive ketones (excluding diaryl/α,β-unsaturated/α-hetero) is 1. The van der Waals surface area contributed by atoms with Crippen molar-refractivity contribution in [3.8, 4) is 0 Å². The van der Waals surface area contributed by atoms with Crippen LogP contribution in [0.2, 0.25) is 5.04 Å². The number of hydrogen-bond acceptors (Lipinski definition) is 5. The SMILES string of the molecule is COC(=O)[C@H](CO[Si](c1ccccc1)(c1ccccc1)C(C)(C)C)[C@H](O)CCCC[C@@H](C)CC(C)=O. The molecule has 0 aromatic heterocycles. The molecule has 2 rings (SSSR count). The van der Waals surface area contributed by atoms with Crippen LogP contribution in [0.5, 0.6) is 0 Å². The first-order valence-electron chi connectivity index (χ1n) is 13.0. The van der Waals surface area contributed by atoms with Crippen molar-refractivity contribution in [1.82, 2.24) is 0 Å². The summed E-state index contributed by atoms with van der Waals surface area (Å²) >= 11 is 0. The molecule has 0 fully saturated rings. The van der Waals surface area contributed by atoms with Crippen LogP contribution in [0.15, 0.2) is 60.7 Å². The maximum Gasteiger partial charge on any atom is 0.313 e. The molecule has 0 unspecified atom stereocenters. The van der Waals surface area contributed by atoms with Gasteiger partial charge >= 0.3 is 5.97 Å². The van der Waals surface area contributed by atoms with Crippen LogP contribution in [0.25, 0.3) is 0 Å². The van der Waals surface area contributed by atoms with E-state index in [1.54, 1.807) is 6.92 Å². The van der Waals surface area contributed by atoms with E-state index in [9.17, 15) is 14.7 Å². The molecule has 0 saturated carbocycles. The first kappa shape index (κ1) is 29.9. The lowest BCUT2D eigenvalue weighted by Gasteiger charge is -2.43. The number of esters is 1. The van der Waals surface area contributed by atoms with Crippen molar-refractivity contribution >= 4 is 30.4 Å². The fourth-order valence-electron chi connectivity index (χ4n) is 5.10. The number of carbonyl (C=O) groups excluding carboxylic acids is 2. The van der Waals surface area contributed by atoms with Gasteiger partial charge in [-0.1, -0.05) is 108 Å². The Bertz CT molecular complexity index is 899. The number of hydrogen-bond donors (Lipinski definition) is 1. The van der Waals surface area contributed by atoms with Crippen LogP contribution in [0.1, 0.15) is 66.7 Å². The molecule has 0 bridgehead atoms. The zero-order valence-corrected chi connectivity index (χ0v) is 23.8. The lowest BCUT2D eigenvalue weighted by Crippen LogP contribution is -2.67. The van der Waals surface area contributed by atoms with Crippen molar-refractivity contribution < 1.29 is 23.9 Å². The second-order valence-corrected chi connectivity index (χ2v) is 15.3. The van der Waals surface area contributed by atoms with Gasteiger partial charge in [-0.05, 0) is 34.7 Å². The Morgan fingerprint density at radius 3 is 1.86 bits per heavy atom. The zero-order chi connectivity index (χ0) is 26.8. The molecule has 5 nitrogen and oxygen atoms in total. The molecule has 0 aliphatic carbocycles. The number of unbranched alkanes of at least 4 members (excludes halogenated alkanes) is 1. The van der Waals surface area contributed by atoms with Crippen molar-refractivity contribution in [2.45, 2.75) is 77.9 Å². The Labute approximate surface area is 218 Å². The van der Waals surface area contributed by atoms with E-state index in [1.165, 1.54) is 7.11 Å². The van der Waals surface area contributed by atoms with Gasteiger partial charge in [0.25, 0.3) is 8.32 Å². The zero-order valence-electron chi connectivity index (χ0n) is 22.8.